The van der Waals surface area contributed by atoms with Gasteiger partial charge in [-0.25, -0.2) is 9.48 Å². The largest absolute Gasteiger partial charge is 0.457 e. The topological polar surface area (TPSA) is 95.9 Å². The standard InChI is InChI=1S/C12H15N5O3/c1-4-6-19-12(18)11-8(3)17(16-14-11)7-10-13-9(5-2)15-20-10/h4H,1,5-7H2,2-3H3. The van der Waals surface area contributed by atoms with Gasteiger partial charge in [0.15, 0.2) is 11.5 Å². The summed E-state index contributed by atoms with van der Waals surface area (Å²) < 4.78 is 11.5. The molecule has 106 valence electrons. The average Bonchev–Trinajstić information content (AvgIpc) is 3.04. The fourth-order valence-electron chi connectivity index (χ4n) is 1.53. The molecule has 2 rings (SSSR count). The summed E-state index contributed by atoms with van der Waals surface area (Å²) in [5.74, 6) is 0.512. The summed E-state index contributed by atoms with van der Waals surface area (Å²) in [4.78, 5) is 15.9. The summed E-state index contributed by atoms with van der Waals surface area (Å²) in [5, 5.41) is 11.5. The quantitative estimate of drug-likeness (QED) is 0.572. The molecule has 8 heteroatoms. The second-order valence-electron chi connectivity index (χ2n) is 4.03. The van der Waals surface area contributed by atoms with Gasteiger partial charge in [0.05, 0.1) is 5.69 Å². The minimum Gasteiger partial charge on any atom is -0.457 e. The molecule has 20 heavy (non-hydrogen) atoms. The summed E-state index contributed by atoms with van der Waals surface area (Å²) in [7, 11) is 0. The average molecular weight is 277 g/mol. The van der Waals surface area contributed by atoms with Crippen LogP contribution in [0.1, 0.15) is 34.8 Å². The molecule has 0 spiro atoms. The Labute approximate surface area is 115 Å². The van der Waals surface area contributed by atoms with Crippen LogP contribution in [0.2, 0.25) is 0 Å². The lowest BCUT2D eigenvalue weighted by Crippen LogP contribution is -2.09. The number of esters is 1. The fraction of sp³-hybridized carbons (Fsp3) is 0.417. The van der Waals surface area contributed by atoms with Gasteiger partial charge in [-0.3, -0.25) is 0 Å². The first-order valence-corrected chi connectivity index (χ1v) is 6.15. The SMILES string of the molecule is C=CCOC(=O)c1nnn(Cc2nc(CC)no2)c1C. The number of hydrogen-bond acceptors (Lipinski definition) is 7. The van der Waals surface area contributed by atoms with Crippen LogP contribution in [0.3, 0.4) is 0 Å². The molecule has 0 aliphatic carbocycles. The number of rotatable bonds is 6. The number of hydrogen-bond donors (Lipinski definition) is 0. The molecule has 0 aromatic carbocycles. The van der Waals surface area contributed by atoms with Crippen LogP contribution in [0.15, 0.2) is 17.2 Å². The van der Waals surface area contributed by atoms with Gasteiger partial charge in [-0.15, -0.1) is 5.10 Å². The van der Waals surface area contributed by atoms with Crippen LogP contribution in [0.4, 0.5) is 0 Å². The Balaban J connectivity index is 2.12. The smallest absolute Gasteiger partial charge is 0.361 e. The van der Waals surface area contributed by atoms with Crippen molar-refractivity contribution in [3.63, 3.8) is 0 Å². The van der Waals surface area contributed by atoms with E-state index in [1.807, 2.05) is 6.92 Å². The molecule has 0 fully saturated rings. The first-order chi connectivity index (χ1) is 9.65. The highest BCUT2D eigenvalue weighted by atomic mass is 16.5. The molecule has 0 amide bonds. The van der Waals surface area contributed by atoms with E-state index in [0.29, 0.717) is 23.8 Å². The van der Waals surface area contributed by atoms with Crippen molar-refractivity contribution >= 4 is 5.97 Å². The molecule has 0 N–H and O–H groups in total. The number of aromatic nitrogens is 5. The Kier molecular flexibility index (Phi) is 4.24. The maximum absolute atomic E-state index is 11.7. The number of aryl methyl sites for hydroxylation is 1. The van der Waals surface area contributed by atoms with Gasteiger partial charge in [0.25, 0.3) is 0 Å². The van der Waals surface area contributed by atoms with Crippen molar-refractivity contribution in [1.82, 2.24) is 25.1 Å². The normalized spacial score (nSPS) is 10.5. The Hall–Kier alpha value is -2.51. The van der Waals surface area contributed by atoms with Gasteiger partial charge >= 0.3 is 5.97 Å². The lowest BCUT2D eigenvalue weighted by atomic mass is 10.3. The third-order valence-corrected chi connectivity index (χ3v) is 2.62. The van der Waals surface area contributed by atoms with Crippen LogP contribution < -0.4 is 0 Å². The summed E-state index contributed by atoms with van der Waals surface area (Å²) in [6.45, 7) is 7.53. The molecular weight excluding hydrogens is 262 g/mol. The number of ether oxygens (including phenoxy) is 1. The summed E-state index contributed by atoms with van der Waals surface area (Å²) in [6, 6.07) is 0. The van der Waals surface area contributed by atoms with Crippen molar-refractivity contribution in [3.8, 4) is 0 Å². The molecule has 0 aliphatic heterocycles. The molecule has 2 aromatic heterocycles. The van der Waals surface area contributed by atoms with E-state index in [4.69, 9.17) is 9.26 Å². The van der Waals surface area contributed by atoms with Crippen LogP contribution in [-0.4, -0.2) is 37.7 Å². The number of nitrogens with zero attached hydrogens (tertiary/aromatic N) is 5. The van der Waals surface area contributed by atoms with Gasteiger partial charge in [0, 0.05) is 6.42 Å². The summed E-state index contributed by atoms with van der Waals surface area (Å²) in [6.07, 6.45) is 2.18. The highest BCUT2D eigenvalue weighted by Gasteiger charge is 2.18. The zero-order valence-corrected chi connectivity index (χ0v) is 11.4. The van der Waals surface area contributed by atoms with Gasteiger partial charge in [-0.2, -0.15) is 4.98 Å². The monoisotopic (exact) mass is 277 g/mol. The second kappa shape index (κ2) is 6.09. The zero-order chi connectivity index (χ0) is 14.5. The Morgan fingerprint density at radius 3 is 3.00 bits per heavy atom. The fourth-order valence-corrected chi connectivity index (χ4v) is 1.53. The summed E-state index contributed by atoms with van der Waals surface area (Å²) in [5.41, 5.74) is 0.748. The van der Waals surface area contributed by atoms with Crippen molar-refractivity contribution < 1.29 is 14.1 Å². The van der Waals surface area contributed by atoms with Crippen molar-refractivity contribution in [1.29, 1.82) is 0 Å². The lowest BCUT2D eigenvalue weighted by molar-refractivity contribution is 0.0542. The van der Waals surface area contributed by atoms with E-state index in [9.17, 15) is 4.79 Å². The summed E-state index contributed by atoms with van der Waals surface area (Å²) >= 11 is 0. The molecule has 8 nitrogen and oxygen atoms in total. The molecule has 0 saturated carbocycles. The van der Waals surface area contributed by atoms with E-state index in [1.165, 1.54) is 10.8 Å². The van der Waals surface area contributed by atoms with Gasteiger partial charge < -0.3 is 9.26 Å². The van der Waals surface area contributed by atoms with Gasteiger partial charge in [0.2, 0.25) is 5.89 Å². The van der Waals surface area contributed by atoms with Crippen LogP contribution >= 0.6 is 0 Å². The molecule has 0 bridgehead atoms. The Morgan fingerprint density at radius 2 is 2.35 bits per heavy atom. The van der Waals surface area contributed by atoms with Gasteiger partial charge in [-0.05, 0) is 6.92 Å². The van der Waals surface area contributed by atoms with E-state index in [1.54, 1.807) is 6.92 Å². The van der Waals surface area contributed by atoms with E-state index < -0.39 is 5.97 Å². The molecule has 0 atom stereocenters. The molecule has 0 aliphatic rings. The predicted octanol–water partition coefficient (Wildman–Crippen LogP) is 0.923. The predicted molar refractivity (Wildman–Crippen MR) is 68.0 cm³/mol. The maximum Gasteiger partial charge on any atom is 0.361 e. The van der Waals surface area contributed by atoms with Crippen LogP contribution in [0.25, 0.3) is 0 Å². The minimum absolute atomic E-state index is 0.134. The Morgan fingerprint density at radius 1 is 1.55 bits per heavy atom. The van der Waals surface area contributed by atoms with Crippen LogP contribution in [0, 0.1) is 6.92 Å². The van der Waals surface area contributed by atoms with Crippen molar-refractivity contribution in [2.24, 2.45) is 0 Å². The molecule has 2 aromatic rings. The maximum atomic E-state index is 11.7. The Bertz CT molecular complexity index is 616. The first-order valence-electron chi connectivity index (χ1n) is 6.15. The number of carbonyl (C=O) groups excluding carboxylic acids is 1. The van der Waals surface area contributed by atoms with Gasteiger partial charge in [-0.1, -0.05) is 29.9 Å². The minimum atomic E-state index is -0.534. The number of carbonyl (C=O) groups is 1. The molecule has 0 saturated heterocycles. The van der Waals surface area contributed by atoms with Crippen molar-refractivity contribution in [2.45, 2.75) is 26.8 Å². The van der Waals surface area contributed by atoms with E-state index in [2.05, 4.69) is 27.0 Å². The lowest BCUT2D eigenvalue weighted by Gasteiger charge is -2.00. The first kappa shape index (κ1) is 13.9. The highest BCUT2D eigenvalue weighted by Crippen LogP contribution is 2.08. The van der Waals surface area contributed by atoms with E-state index >= 15 is 0 Å². The van der Waals surface area contributed by atoms with Crippen LogP contribution in [-0.2, 0) is 17.7 Å². The van der Waals surface area contributed by atoms with Gasteiger partial charge in [0.1, 0.15) is 13.2 Å². The van der Waals surface area contributed by atoms with Crippen molar-refractivity contribution in [2.75, 3.05) is 6.61 Å². The molecular formula is C12H15N5O3. The zero-order valence-electron chi connectivity index (χ0n) is 11.4. The molecule has 0 unspecified atom stereocenters. The van der Waals surface area contributed by atoms with Crippen LogP contribution in [0.5, 0.6) is 0 Å². The highest BCUT2D eigenvalue weighted by molar-refractivity contribution is 5.88. The second-order valence-corrected chi connectivity index (χ2v) is 4.03. The van der Waals surface area contributed by atoms with E-state index in [-0.39, 0.29) is 18.8 Å². The molecule has 0 radical (unpaired) electrons. The third-order valence-electron chi connectivity index (χ3n) is 2.62. The van der Waals surface area contributed by atoms with E-state index in [0.717, 1.165) is 0 Å². The van der Waals surface area contributed by atoms with Crippen molar-refractivity contribution in [3.05, 3.63) is 35.8 Å². The third kappa shape index (κ3) is 2.90. The molecule has 2 heterocycles.